The first kappa shape index (κ1) is 14.0. The highest BCUT2D eigenvalue weighted by Crippen LogP contribution is 2.30. The molecule has 0 unspecified atom stereocenters. The molecule has 0 bridgehead atoms. The Labute approximate surface area is 121 Å². The lowest BCUT2D eigenvalue weighted by atomic mass is 10.0. The van der Waals surface area contributed by atoms with Gasteiger partial charge in [-0.1, -0.05) is 24.3 Å². The van der Waals surface area contributed by atoms with Gasteiger partial charge in [0.25, 0.3) is 0 Å². The standard InChI is InChI=1S/C14H8F3IO/c15-14(16,17)10-5-3-4-9(8-10)13(19)11-6-1-2-7-12(11)18/h1-8H. The Morgan fingerprint density at radius 3 is 2.32 bits per heavy atom. The van der Waals surface area contributed by atoms with Crippen molar-refractivity contribution in [1.29, 1.82) is 0 Å². The average molecular weight is 376 g/mol. The van der Waals surface area contributed by atoms with Crippen molar-refractivity contribution < 1.29 is 18.0 Å². The second-order valence-electron chi connectivity index (χ2n) is 3.89. The zero-order chi connectivity index (χ0) is 14.0. The van der Waals surface area contributed by atoms with E-state index in [1.54, 1.807) is 24.3 Å². The Morgan fingerprint density at radius 2 is 1.68 bits per heavy atom. The van der Waals surface area contributed by atoms with Crippen LogP contribution in [0.1, 0.15) is 21.5 Å². The van der Waals surface area contributed by atoms with Crippen molar-refractivity contribution in [2.45, 2.75) is 6.18 Å². The molecule has 0 heterocycles. The second-order valence-corrected chi connectivity index (χ2v) is 5.05. The Balaban J connectivity index is 2.43. The van der Waals surface area contributed by atoms with Crippen LogP contribution in [0.15, 0.2) is 48.5 Å². The van der Waals surface area contributed by atoms with Gasteiger partial charge in [0.15, 0.2) is 5.78 Å². The van der Waals surface area contributed by atoms with Crippen LogP contribution < -0.4 is 0 Å². The van der Waals surface area contributed by atoms with Crippen molar-refractivity contribution in [1.82, 2.24) is 0 Å². The van der Waals surface area contributed by atoms with Crippen molar-refractivity contribution in [3.63, 3.8) is 0 Å². The van der Waals surface area contributed by atoms with Crippen molar-refractivity contribution in [3.8, 4) is 0 Å². The summed E-state index contributed by atoms with van der Waals surface area (Å²) in [5.41, 5.74) is -0.370. The zero-order valence-corrected chi connectivity index (χ0v) is 11.7. The molecule has 0 aromatic heterocycles. The highest BCUT2D eigenvalue weighted by atomic mass is 127. The van der Waals surface area contributed by atoms with Crippen molar-refractivity contribution >= 4 is 28.4 Å². The van der Waals surface area contributed by atoms with Gasteiger partial charge in [-0.15, -0.1) is 0 Å². The Bertz CT molecular complexity index is 620. The molecule has 0 radical (unpaired) electrons. The molecule has 0 aliphatic carbocycles. The molecule has 0 aliphatic rings. The van der Waals surface area contributed by atoms with Gasteiger partial charge < -0.3 is 0 Å². The van der Waals surface area contributed by atoms with E-state index in [1.165, 1.54) is 12.1 Å². The van der Waals surface area contributed by atoms with Crippen LogP contribution >= 0.6 is 22.6 Å². The van der Waals surface area contributed by atoms with Crippen LogP contribution in [0.25, 0.3) is 0 Å². The van der Waals surface area contributed by atoms with Gasteiger partial charge in [-0.05, 0) is 46.9 Å². The van der Waals surface area contributed by atoms with E-state index in [4.69, 9.17) is 0 Å². The van der Waals surface area contributed by atoms with Gasteiger partial charge in [0.2, 0.25) is 0 Å². The SMILES string of the molecule is O=C(c1cccc(C(F)(F)F)c1)c1ccccc1I. The van der Waals surface area contributed by atoms with E-state index in [-0.39, 0.29) is 5.56 Å². The van der Waals surface area contributed by atoms with Crippen LogP contribution in [0.3, 0.4) is 0 Å². The van der Waals surface area contributed by atoms with Gasteiger partial charge in [0.1, 0.15) is 0 Å². The molecule has 19 heavy (non-hydrogen) atoms. The average Bonchev–Trinajstić information content (AvgIpc) is 2.38. The molecular formula is C14H8F3IO. The minimum Gasteiger partial charge on any atom is -0.289 e. The molecule has 2 aromatic carbocycles. The molecule has 0 fully saturated rings. The molecule has 0 spiro atoms. The number of benzene rings is 2. The lowest BCUT2D eigenvalue weighted by Gasteiger charge is -2.08. The molecular weight excluding hydrogens is 368 g/mol. The van der Waals surface area contributed by atoms with Gasteiger partial charge in [-0.3, -0.25) is 4.79 Å². The van der Waals surface area contributed by atoms with E-state index in [2.05, 4.69) is 0 Å². The van der Waals surface area contributed by atoms with Crippen LogP contribution in [0.5, 0.6) is 0 Å². The number of hydrogen-bond acceptors (Lipinski definition) is 1. The topological polar surface area (TPSA) is 17.1 Å². The Kier molecular flexibility index (Phi) is 3.93. The first-order chi connectivity index (χ1) is 8.89. The third-order valence-electron chi connectivity index (χ3n) is 2.57. The molecule has 0 aliphatic heterocycles. The second kappa shape index (κ2) is 5.32. The normalized spacial score (nSPS) is 11.4. The summed E-state index contributed by atoms with van der Waals surface area (Å²) in [4.78, 5) is 12.2. The van der Waals surface area contributed by atoms with E-state index in [0.29, 0.717) is 9.13 Å². The fourth-order valence-electron chi connectivity index (χ4n) is 1.64. The smallest absolute Gasteiger partial charge is 0.289 e. The molecule has 0 saturated heterocycles. The lowest BCUT2D eigenvalue weighted by Crippen LogP contribution is -2.08. The van der Waals surface area contributed by atoms with Gasteiger partial charge in [-0.25, -0.2) is 0 Å². The fraction of sp³-hybridized carbons (Fsp3) is 0.0714. The summed E-state index contributed by atoms with van der Waals surface area (Å²) in [5, 5.41) is 0. The predicted molar refractivity (Wildman–Crippen MR) is 74.0 cm³/mol. The molecule has 98 valence electrons. The number of halogens is 4. The van der Waals surface area contributed by atoms with E-state index in [1.807, 2.05) is 22.6 Å². The third-order valence-corrected chi connectivity index (χ3v) is 3.51. The summed E-state index contributed by atoms with van der Waals surface area (Å²) < 4.78 is 38.5. The first-order valence-electron chi connectivity index (χ1n) is 5.36. The summed E-state index contributed by atoms with van der Waals surface area (Å²) in [6, 6.07) is 11.3. The minimum absolute atomic E-state index is 0.0407. The molecule has 2 aromatic rings. The Morgan fingerprint density at radius 1 is 1.00 bits per heavy atom. The molecule has 0 saturated carbocycles. The van der Waals surface area contributed by atoms with Crippen molar-refractivity contribution in [3.05, 3.63) is 68.8 Å². The van der Waals surface area contributed by atoms with Gasteiger partial charge in [-0.2, -0.15) is 13.2 Å². The van der Waals surface area contributed by atoms with Crippen molar-refractivity contribution in [2.24, 2.45) is 0 Å². The summed E-state index contributed by atoms with van der Waals surface area (Å²) >= 11 is 1.98. The zero-order valence-electron chi connectivity index (χ0n) is 9.54. The number of carbonyl (C=O) groups excluding carboxylic acids is 1. The molecule has 1 nitrogen and oxygen atoms in total. The maximum atomic E-state index is 12.6. The van der Waals surface area contributed by atoms with E-state index in [0.717, 1.165) is 12.1 Å². The summed E-state index contributed by atoms with van der Waals surface area (Å²) in [7, 11) is 0. The largest absolute Gasteiger partial charge is 0.416 e. The van der Waals surface area contributed by atoms with Crippen molar-refractivity contribution in [2.75, 3.05) is 0 Å². The fourth-order valence-corrected chi connectivity index (χ4v) is 2.27. The minimum atomic E-state index is -4.44. The van der Waals surface area contributed by atoms with E-state index in [9.17, 15) is 18.0 Å². The number of carbonyl (C=O) groups is 1. The highest BCUT2D eigenvalue weighted by Gasteiger charge is 2.31. The van der Waals surface area contributed by atoms with Crippen LogP contribution in [0.2, 0.25) is 0 Å². The highest BCUT2D eigenvalue weighted by molar-refractivity contribution is 14.1. The molecule has 2 rings (SSSR count). The number of alkyl halides is 3. The number of hydrogen-bond donors (Lipinski definition) is 0. The number of ketones is 1. The summed E-state index contributed by atoms with van der Waals surface area (Å²) in [5.74, 6) is -0.406. The molecule has 0 amide bonds. The third kappa shape index (κ3) is 3.15. The maximum Gasteiger partial charge on any atom is 0.416 e. The maximum absolute atomic E-state index is 12.6. The van der Waals surface area contributed by atoms with Crippen LogP contribution in [-0.4, -0.2) is 5.78 Å². The Hall–Kier alpha value is -1.37. The van der Waals surface area contributed by atoms with Gasteiger partial charge in [0, 0.05) is 14.7 Å². The van der Waals surface area contributed by atoms with E-state index < -0.39 is 17.5 Å². The molecule has 0 N–H and O–H groups in total. The predicted octanol–water partition coefficient (Wildman–Crippen LogP) is 4.54. The first-order valence-corrected chi connectivity index (χ1v) is 6.44. The summed E-state index contributed by atoms with van der Waals surface area (Å²) in [6.45, 7) is 0. The molecule has 5 heteroatoms. The summed E-state index contributed by atoms with van der Waals surface area (Å²) in [6.07, 6.45) is -4.44. The molecule has 0 atom stereocenters. The van der Waals surface area contributed by atoms with E-state index >= 15 is 0 Å². The van der Waals surface area contributed by atoms with Crippen LogP contribution in [-0.2, 0) is 6.18 Å². The van der Waals surface area contributed by atoms with Gasteiger partial charge in [0.05, 0.1) is 5.56 Å². The monoisotopic (exact) mass is 376 g/mol. The van der Waals surface area contributed by atoms with Gasteiger partial charge >= 0.3 is 6.18 Å². The lowest BCUT2D eigenvalue weighted by molar-refractivity contribution is -0.137. The van der Waals surface area contributed by atoms with Crippen LogP contribution in [0.4, 0.5) is 13.2 Å². The number of rotatable bonds is 2. The van der Waals surface area contributed by atoms with Crippen LogP contribution in [0, 0.1) is 3.57 Å². The quantitative estimate of drug-likeness (QED) is 0.556.